The van der Waals surface area contributed by atoms with E-state index in [0.29, 0.717) is 26.1 Å². The minimum Gasteiger partial charge on any atom is -0.338 e. The fraction of sp³-hybridized carbons (Fsp3) is 0.333. The summed E-state index contributed by atoms with van der Waals surface area (Å²) in [5.41, 5.74) is 2.14. The summed E-state index contributed by atoms with van der Waals surface area (Å²) in [5, 5.41) is 4.00. The van der Waals surface area contributed by atoms with Crippen LogP contribution in [0.5, 0.6) is 0 Å². The molecular weight excluding hydrogens is 308 g/mol. The maximum atomic E-state index is 12.5. The molecule has 2 heterocycles. The van der Waals surface area contributed by atoms with E-state index in [2.05, 4.69) is 0 Å². The summed E-state index contributed by atoms with van der Waals surface area (Å²) in [6.07, 6.45) is 0.436. The summed E-state index contributed by atoms with van der Waals surface area (Å²) in [4.78, 5) is 28.2. The second-order valence-corrected chi connectivity index (χ2v) is 6.57. The van der Waals surface area contributed by atoms with Crippen molar-refractivity contribution in [2.75, 3.05) is 19.6 Å². The van der Waals surface area contributed by atoms with E-state index in [0.717, 1.165) is 11.1 Å². The Balaban J connectivity index is 1.75. The van der Waals surface area contributed by atoms with Gasteiger partial charge in [0.2, 0.25) is 11.8 Å². The number of piperazine rings is 1. The third-order valence-electron chi connectivity index (χ3n) is 4.26. The normalized spacial score (nSPS) is 18.0. The predicted molar refractivity (Wildman–Crippen MR) is 91.2 cm³/mol. The molecule has 0 N–H and O–H groups in total. The molecule has 0 radical (unpaired) electrons. The monoisotopic (exact) mass is 328 g/mol. The Morgan fingerprint density at radius 1 is 1.17 bits per heavy atom. The molecule has 5 heteroatoms. The molecule has 120 valence electrons. The van der Waals surface area contributed by atoms with E-state index in [9.17, 15) is 9.59 Å². The number of carbonyl (C=O) groups excluding carboxylic acids is 2. The smallest absolute Gasteiger partial charge is 0.227 e. The molecule has 1 aromatic heterocycles. The van der Waals surface area contributed by atoms with Crippen LogP contribution in [0.3, 0.4) is 0 Å². The predicted octanol–water partition coefficient (Wildman–Crippen LogP) is 2.72. The summed E-state index contributed by atoms with van der Waals surface area (Å²) in [5.74, 6) is 0.191. The number of thiophene rings is 1. The maximum Gasteiger partial charge on any atom is 0.227 e. The quantitative estimate of drug-likeness (QED) is 0.869. The van der Waals surface area contributed by atoms with Crippen LogP contribution in [-0.4, -0.2) is 41.2 Å². The van der Waals surface area contributed by atoms with E-state index in [4.69, 9.17) is 0 Å². The number of nitrogens with zero attached hydrogens (tertiary/aromatic N) is 2. The number of carbonyl (C=O) groups is 2. The lowest BCUT2D eigenvalue weighted by molar-refractivity contribution is -0.141. The van der Waals surface area contributed by atoms with Gasteiger partial charge in [-0.05, 0) is 28.0 Å². The Labute approximate surface area is 140 Å². The van der Waals surface area contributed by atoms with Gasteiger partial charge in [0.05, 0.1) is 12.5 Å². The van der Waals surface area contributed by atoms with E-state index in [1.807, 2.05) is 57.0 Å². The van der Waals surface area contributed by atoms with Crippen LogP contribution in [-0.2, 0) is 16.0 Å². The van der Waals surface area contributed by atoms with Crippen LogP contribution < -0.4 is 0 Å². The Bertz CT molecular complexity index is 670. The Kier molecular flexibility index (Phi) is 4.76. The van der Waals surface area contributed by atoms with Gasteiger partial charge >= 0.3 is 0 Å². The van der Waals surface area contributed by atoms with Gasteiger partial charge in [0, 0.05) is 26.6 Å². The second kappa shape index (κ2) is 6.96. The highest BCUT2D eigenvalue weighted by Crippen LogP contribution is 2.26. The van der Waals surface area contributed by atoms with E-state index in [-0.39, 0.29) is 17.9 Å². The molecule has 1 saturated heterocycles. The average molecular weight is 328 g/mol. The van der Waals surface area contributed by atoms with Gasteiger partial charge in [0.1, 0.15) is 0 Å². The first-order valence-electron chi connectivity index (χ1n) is 7.76. The zero-order valence-corrected chi connectivity index (χ0v) is 14.0. The molecule has 1 fully saturated rings. The van der Waals surface area contributed by atoms with Crippen molar-refractivity contribution in [3.8, 4) is 0 Å². The van der Waals surface area contributed by atoms with Crippen LogP contribution in [0.15, 0.2) is 47.2 Å². The summed E-state index contributed by atoms with van der Waals surface area (Å²) in [6.45, 7) is 3.35. The first-order valence-corrected chi connectivity index (χ1v) is 8.70. The third kappa shape index (κ3) is 3.62. The van der Waals surface area contributed by atoms with Crippen molar-refractivity contribution in [1.82, 2.24) is 9.80 Å². The lowest BCUT2D eigenvalue weighted by atomic mass is 10.0. The minimum absolute atomic E-state index is 0.0591. The van der Waals surface area contributed by atoms with Crippen molar-refractivity contribution in [2.24, 2.45) is 0 Å². The molecule has 0 aliphatic carbocycles. The van der Waals surface area contributed by atoms with Gasteiger partial charge in [-0.25, -0.2) is 0 Å². The molecule has 3 rings (SSSR count). The standard InChI is InChI=1S/C18H20N2O2S/c1-14(21)20-9-8-19(18(22)11-15-7-10-23-13-15)12-17(20)16-5-3-2-4-6-16/h2-7,10,13,17H,8-9,11-12H2,1H3/t17-/m1/s1. The van der Waals surface area contributed by atoms with Gasteiger partial charge in [0.25, 0.3) is 0 Å². The fourth-order valence-corrected chi connectivity index (χ4v) is 3.70. The Morgan fingerprint density at radius 2 is 1.96 bits per heavy atom. The SMILES string of the molecule is CC(=O)N1CCN(C(=O)Cc2ccsc2)C[C@@H]1c1ccccc1. The van der Waals surface area contributed by atoms with E-state index < -0.39 is 0 Å². The highest BCUT2D eigenvalue weighted by Gasteiger charge is 2.31. The topological polar surface area (TPSA) is 40.6 Å². The van der Waals surface area contributed by atoms with Crippen LogP contribution in [0.2, 0.25) is 0 Å². The number of rotatable bonds is 3. The van der Waals surface area contributed by atoms with Crippen molar-refractivity contribution < 1.29 is 9.59 Å². The summed E-state index contributed by atoms with van der Waals surface area (Å²) in [7, 11) is 0. The molecule has 2 amide bonds. The number of hydrogen-bond acceptors (Lipinski definition) is 3. The van der Waals surface area contributed by atoms with Gasteiger partial charge in [-0.3, -0.25) is 9.59 Å². The molecule has 1 aliphatic heterocycles. The molecule has 1 aromatic carbocycles. The Morgan fingerprint density at radius 3 is 2.61 bits per heavy atom. The van der Waals surface area contributed by atoms with Gasteiger partial charge in [-0.15, -0.1) is 0 Å². The van der Waals surface area contributed by atoms with Crippen molar-refractivity contribution in [3.63, 3.8) is 0 Å². The van der Waals surface area contributed by atoms with E-state index >= 15 is 0 Å². The first-order chi connectivity index (χ1) is 11.1. The molecule has 0 spiro atoms. The second-order valence-electron chi connectivity index (χ2n) is 5.79. The largest absolute Gasteiger partial charge is 0.338 e. The molecule has 2 aromatic rings. The molecule has 1 atom stereocenters. The van der Waals surface area contributed by atoms with Gasteiger partial charge in [0.15, 0.2) is 0 Å². The zero-order chi connectivity index (χ0) is 16.2. The summed E-state index contributed by atoms with van der Waals surface area (Å²) in [6, 6.07) is 11.9. The highest BCUT2D eigenvalue weighted by atomic mass is 32.1. The summed E-state index contributed by atoms with van der Waals surface area (Å²) >= 11 is 1.61. The first kappa shape index (κ1) is 15.7. The van der Waals surface area contributed by atoms with Crippen LogP contribution >= 0.6 is 11.3 Å². The lowest BCUT2D eigenvalue weighted by Crippen LogP contribution is -2.52. The third-order valence-corrected chi connectivity index (χ3v) is 4.99. The molecule has 1 aliphatic rings. The van der Waals surface area contributed by atoms with Gasteiger partial charge < -0.3 is 9.80 Å². The molecule has 0 bridgehead atoms. The summed E-state index contributed by atoms with van der Waals surface area (Å²) < 4.78 is 0. The maximum absolute atomic E-state index is 12.5. The molecule has 0 saturated carbocycles. The van der Waals surface area contributed by atoms with Gasteiger partial charge in [-0.1, -0.05) is 30.3 Å². The fourth-order valence-electron chi connectivity index (χ4n) is 3.03. The van der Waals surface area contributed by atoms with Crippen LogP contribution in [0.4, 0.5) is 0 Å². The highest BCUT2D eigenvalue weighted by molar-refractivity contribution is 7.08. The van der Waals surface area contributed by atoms with Crippen molar-refractivity contribution >= 4 is 23.2 Å². The molecule has 4 nitrogen and oxygen atoms in total. The molecular formula is C18H20N2O2S. The van der Waals surface area contributed by atoms with Crippen molar-refractivity contribution in [2.45, 2.75) is 19.4 Å². The number of benzene rings is 1. The number of amides is 2. The van der Waals surface area contributed by atoms with Crippen LogP contribution in [0.25, 0.3) is 0 Å². The van der Waals surface area contributed by atoms with Crippen molar-refractivity contribution in [1.29, 1.82) is 0 Å². The lowest BCUT2D eigenvalue weighted by Gasteiger charge is -2.41. The Hall–Kier alpha value is -2.14. The minimum atomic E-state index is -0.0612. The van der Waals surface area contributed by atoms with E-state index in [1.165, 1.54) is 0 Å². The zero-order valence-electron chi connectivity index (χ0n) is 13.1. The number of hydrogen-bond donors (Lipinski definition) is 0. The average Bonchev–Trinajstić information content (AvgIpc) is 3.08. The molecule has 0 unspecified atom stereocenters. The van der Waals surface area contributed by atoms with Crippen LogP contribution in [0, 0.1) is 0 Å². The van der Waals surface area contributed by atoms with Crippen LogP contribution in [0.1, 0.15) is 24.1 Å². The van der Waals surface area contributed by atoms with E-state index in [1.54, 1.807) is 18.3 Å². The molecule has 23 heavy (non-hydrogen) atoms. The van der Waals surface area contributed by atoms with Crippen molar-refractivity contribution in [3.05, 3.63) is 58.3 Å². The van der Waals surface area contributed by atoms with Gasteiger partial charge in [-0.2, -0.15) is 11.3 Å².